The minimum atomic E-state index is -0.285. The van der Waals surface area contributed by atoms with E-state index in [0.29, 0.717) is 11.0 Å². The molecule has 0 aliphatic heterocycles. The van der Waals surface area contributed by atoms with Gasteiger partial charge in [0.1, 0.15) is 5.69 Å². The van der Waals surface area contributed by atoms with E-state index in [9.17, 15) is 4.79 Å². The van der Waals surface area contributed by atoms with E-state index < -0.39 is 0 Å². The van der Waals surface area contributed by atoms with Crippen molar-refractivity contribution < 1.29 is 4.79 Å². The molecule has 0 saturated heterocycles. The molecule has 5 nitrogen and oxygen atoms in total. The second kappa shape index (κ2) is 7.54. The highest BCUT2D eigenvalue weighted by Gasteiger charge is 2.11. The van der Waals surface area contributed by atoms with Gasteiger partial charge in [-0.05, 0) is 61.7 Å². The van der Waals surface area contributed by atoms with E-state index in [1.807, 2.05) is 51.1 Å². The third-order valence-corrected chi connectivity index (χ3v) is 4.21. The molecule has 0 atom stereocenters. The Bertz CT molecular complexity index is 972. The smallest absolute Gasteiger partial charge is 0.274 e. The molecule has 0 unspecified atom stereocenters. The molecule has 1 heterocycles. The first-order valence-electron chi connectivity index (χ1n) is 8.17. The van der Waals surface area contributed by atoms with E-state index in [1.165, 1.54) is 0 Å². The van der Waals surface area contributed by atoms with Crippen molar-refractivity contribution in [1.29, 1.82) is 0 Å². The van der Waals surface area contributed by atoms with Crippen molar-refractivity contribution in [2.24, 2.45) is 0 Å². The van der Waals surface area contributed by atoms with Crippen LogP contribution in [-0.2, 0) is 0 Å². The third-order valence-electron chi connectivity index (χ3n) is 3.98. The number of rotatable bonds is 4. The number of nitrogens with one attached hydrogen (secondary N) is 2. The quantitative estimate of drug-likeness (QED) is 0.678. The highest BCUT2D eigenvalue weighted by atomic mass is 35.5. The number of carbonyl (C=O) groups excluding carboxylic acids is 1. The van der Waals surface area contributed by atoms with E-state index in [-0.39, 0.29) is 11.6 Å². The van der Waals surface area contributed by atoms with Crippen LogP contribution in [0.4, 0.5) is 17.3 Å². The first-order chi connectivity index (χ1) is 12.4. The van der Waals surface area contributed by atoms with Crippen molar-refractivity contribution in [3.8, 4) is 0 Å². The highest BCUT2D eigenvalue weighted by molar-refractivity contribution is 6.30. The number of carbonyl (C=O) groups is 1. The van der Waals surface area contributed by atoms with Crippen LogP contribution in [0.5, 0.6) is 0 Å². The molecule has 26 heavy (non-hydrogen) atoms. The summed E-state index contributed by atoms with van der Waals surface area (Å²) in [5, 5.41) is 6.62. The van der Waals surface area contributed by atoms with Crippen molar-refractivity contribution in [2.45, 2.75) is 20.8 Å². The predicted molar refractivity (Wildman–Crippen MR) is 105 cm³/mol. The number of aryl methyl sites for hydroxylation is 3. The Morgan fingerprint density at radius 1 is 0.962 bits per heavy atom. The fourth-order valence-electron chi connectivity index (χ4n) is 2.45. The Labute approximate surface area is 157 Å². The summed E-state index contributed by atoms with van der Waals surface area (Å²) in [5.74, 6) is 0.0518. The zero-order chi connectivity index (χ0) is 18.7. The lowest BCUT2D eigenvalue weighted by molar-refractivity contribution is 0.102. The molecular formula is C20H19ClN4O. The molecular weight excluding hydrogens is 348 g/mol. The first-order valence-corrected chi connectivity index (χ1v) is 8.55. The average Bonchev–Trinajstić information content (AvgIpc) is 2.61. The monoisotopic (exact) mass is 366 g/mol. The van der Waals surface area contributed by atoms with Crippen LogP contribution in [0.15, 0.2) is 48.7 Å². The molecule has 1 amide bonds. The van der Waals surface area contributed by atoms with Gasteiger partial charge in [-0.3, -0.25) is 4.79 Å². The zero-order valence-electron chi connectivity index (χ0n) is 14.8. The number of aromatic nitrogens is 2. The largest absolute Gasteiger partial charge is 0.324 e. The predicted octanol–water partition coefficient (Wildman–Crippen LogP) is 5.05. The fraction of sp³-hybridized carbons (Fsp3) is 0.150. The summed E-state index contributed by atoms with van der Waals surface area (Å²) >= 11 is 6.04. The molecule has 132 valence electrons. The van der Waals surface area contributed by atoms with Gasteiger partial charge in [0.25, 0.3) is 5.91 Å². The molecule has 0 fully saturated rings. The van der Waals surface area contributed by atoms with E-state index in [2.05, 4.69) is 20.6 Å². The topological polar surface area (TPSA) is 66.9 Å². The third kappa shape index (κ3) is 4.18. The normalized spacial score (nSPS) is 10.5. The van der Waals surface area contributed by atoms with E-state index in [4.69, 9.17) is 11.6 Å². The van der Waals surface area contributed by atoms with E-state index in [1.54, 1.807) is 18.3 Å². The molecule has 0 radical (unpaired) electrons. The minimum Gasteiger partial charge on any atom is -0.324 e. The van der Waals surface area contributed by atoms with Crippen LogP contribution in [0.25, 0.3) is 0 Å². The maximum atomic E-state index is 12.6. The van der Waals surface area contributed by atoms with Gasteiger partial charge < -0.3 is 10.6 Å². The molecule has 1 aromatic heterocycles. The second-order valence-corrected chi connectivity index (χ2v) is 6.56. The highest BCUT2D eigenvalue weighted by Crippen LogP contribution is 2.23. The van der Waals surface area contributed by atoms with Crippen LogP contribution < -0.4 is 10.6 Å². The van der Waals surface area contributed by atoms with Gasteiger partial charge in [-0.15, -0.1) is 0 Å². The van der Waals surface area contributed by atoms with Crippen molar-refractivity contribution in [3.05, 3.63) is 76.1 Å². The molecule has 0 bridgehead atoms. The number of nitrogens with zero attached hydrogens (tertiary/aromatic N) is 2. The van der Waals surface area contributed by atoms with E-state index in [0.717, 1.165) is 28.1 Å². The van der Waals surface area contributed by atoms with Gasteiger partial charge in [0.2, 0.25) is 5.95 Å². The lowest BCUT2D eigenvalue weighted by Gasteiger charge is -2.11. The number of anilines is 3. The van der Waals surface area contributed by atoms with Crippen LogP contribution in [0.1, 0.15) is 27.2 Å². The van der Waals surface area contributed by atoms with Crippen molar-refractivity contribution in [2.75, 3.05) is 10.6 Å². The summed E-state index contributed by atoms with van der Waals surface area (Å²) < 4.78 is 0. The molecule has 3 rings (SSSR count). The lowest BCUT2D eigenvalue weighted by Crippen LogP contribution is -2.15. The number of amides is 1. The second-order valence-electron chi connectivity index (χ2n) is 6.12. The number of halogens is 1. The summed E-state index contributed by atoms with van der Waals surface area (Å²) in [4.78, 5) is 21.0. The maximum Gasteiger partial charge on any atom is 0.274 e. The molecule has 0 saturated carbocycles. The zero-order valence-corrected chi connectivity index (χ0v) is 15.6. The molecule has 2 aromatic carbocycles. The van der Waals surface area contributed by atoms with Gasteiger partial charge in [-0.1, -0.05) is 29.8 Å². The van der Waals surface area contributed by atoms with Crippen LogP contribution in [0, 0.1) is 20.8 Å². The minimum absolute atomic E-state index is 0.281. The summed E-state index contributed by atoms with van der Waals surface area (Å²) in [6.07, 6.45) is 1.55. The van der Waals surface area contributed by atoms with Gasteiger partial charge in [0.05, 0.1) is 0 Å². The average molecular weight is 367 g/mol. The Morgan fingerprint density at radius 2 is 1.69 bits per heavy atom. The van der Waals surface area contributed by atoms with Gasteiger partial charge in [-0.25, -0.2) is 9.97 Å². The van der Waals surface area contributed by atoms with Crippen molar-refractivity contribution in [1.82, 2.24) is 9.97 Å². The maximum absolute atomic E-state index is 12.6. The summed E-state index contributed by atoms with van der Waals surface area (Å²) in [6.45, 7) is 5.88. The van der Waals surface area contributed by atoms with E-state index >= 15 is 0 Å². The first kappa shape index (κ1) is 17.9. The van der Waals surface area contributed by atoms with Gasteiger partial charge >= 0.3 is 0 Å². The Kier molecular flexibility index (Phi) is 5.19. The molecule has 0 aliphatic rings. The number of benzene rings is 2. The fourth-order valence-corrected chi connectivity index (χ4v) is 2.62. The number of hydrogen-bond donors (Lipinski definition) is 2. The van der Waals surface area contributed by atoms with Crippen LogP contribution in [0.3, 0.4) is 0 Å². The van der Waals surface area contributed by atoms with Gasteiger partial charge in [0, 0.05) is 22.6 Å². The SMILES string of the molecule is Cc1ccc(C)c(NC(=O)c2ccnc(Nc3cc(Cl)ccc3C)n2)c1. The Morgan fingerprint density at radius 3 is 2.50 bits per heavy atom. The van der Waals surface area contributed by atoms with Gasteiger partial charge in [0.15, 0.2) is 0 Å². The standard InChI is InChI=1S/C20H19ClN4O/c1-12-4-5-13(2)17(10-12)23-19(26)16-8-9-22-20(24-16)25-18-11-15(21)7-6-14(18)3/h4-11H,1-3H3,(H,23,26)(H,22,24,25). The van der Waals surface area contributed by atoms with Crippen molar-refractivity contribution in [3.63, 3.8) is 0 Å². The molecule has 2 N–H and O–H groups in total. The van der Waals surface area contributed by atoms with Crippen LogP contribution in [-0.4, -0.2) is 15.9 Å². The Hall–Kier alpha value is -2.92. The lowest BCUT2D eigenvalue weighted by atomic mass is 10.1. The summed E-state index contributed by atoms with van der Waals surface area (Å²) in [7, 11) is 0. The Balaban J connectivity index is 1.81. The summed E-state index contributed by atoms with van der Waals surface area (Å²) in [5.41, 5.74) is 4.92. The molecule has 0 aliphatic carbocycles. The molecule has 3 aromatic rings. The van der Waals surface area contributed by atoms with Crippen LogP contribution >= 0.6 is 11.6 Å². The summed E-state index contributed by atoms with van der Waals surface area (Å²) in [6, 6.07) is 13.0. The molecule has 0 spiro atoms. The van der Waals surface area contributed by atoms with Crippen LogP contribution in [0.2, 0.25) is 5.02 Å². The van der Waals surface area contributed by atoms with Gasteiger partial charge in [-0.2, -0.15) is 0 Å². The van der Waals surface area contributed by atoms with Crippen molar-refractivity contribution >= 4 is 34.8 Å². The molecule has 6 heteroatoms. The number of hydrogen-bond acceptors (Lipinski definition) is 4.